The second-order valence-electron chi connectivity index (χ2n) is 5.86. The number of likely N-dealkylation sites (tertiary alicyclic amines) is 1. The number of carbonyl (C=O) groups is 1. The zero-order valence-corrected chi connectivity index (χ0v) is 12.2. The van der Waals surface area contributed by atoms with Gasteiger partial charge in [-0.3, -0.25) is 4.79 Å². The van der Waals surface area contributed by atoms with Gasteiger partial charge in [-0.05, 0) is 31.6 Å². The molecule has 1 aromatic heterocycles. The lowest BCUT2D eigenvalue weighted by atomic mass is 9.92. The van der Waals surface area contributed by atoms with Crippen LogP contribution in [0.3, 0.4) is 0 Å². The molecule has 2 N–H and O–H groups in total. The van der Waals surface area contributed by atoms with E-state index in [1.54, 1.807) is 11.3 Å². The van der Waals surface area contributed by atoms with E-state index in [4.69, 9.17) is 5.73 Å². The fourth-order valence-corrected chi connectivity index (χ4v) is 3.76. The van der Waals surface area contributed by atoms with Gasteiger partial charge in [0.05, 0.1) is 5.01 Å². The van der Waals surface area contributed by atoms with Crippen molar-refractivity contribution < 1.29 is 4.79 Å². The standard InChI is InChI=1S/C14H21N3OS/c1-9-4-5-17(11(6-9)7-15)14(18)12-8-19-13(16-12)10-2-3-10/h8-11H,2-7,15H2,1H3. The minimum atomic E-state index is 0.0745. The maximum Gasteiger partial charge on any atom is 0.273 e. The minimum Gasteiger partial charge on any atom is -0.333 e. The van der Waals surface area contributed by atoms with Crippen LogP contribution in [0, 0.1) is 5.92 Å². The van der Waals surface area contributed by atoms with Crippen molar-refractivity contribution in [2.45, 2.75) is 44.6 Å². The highest BCUT2D eigenvalue weighted by atomic mass is 32.1. The molecule has 1 aromatic rings. The molecule has 2 aliphatic rings. The molecule has 2 heterocycles. The third kappa shape index (κ3) is 2.67. The van der Waals surface area contributed by atoms with Gasteiger partial charge in [0.2, 0.25) is 0 Å². The molecule has 19 heavy (non-hydrogen) atoms. The molecule has 2 unspecified atom stereocenters. The zero-order valence-electron chi connectivity index (χ0n) is 11.3. The Balaban J connectivity index is 1.73. The largest absolute Gasteiger partial charge is 0.333 e. The molecule has 2 atom stereocenters. The monoisotopic (exact) mass is 279 g/mol. The average molecular weight is 279 g/mol. The maximum absolute atomic E-state index is 12.5. The summed E-state index contributed by atoms with van der Waals surface area (Å²) in [6.07, 6.45) is 4.55. The number of hydrogen-bond donors (Lipinski definition) is 1. The van der Waals surface area contributed by atoms with E-state index in [2.05, 4.69) is 11.9 Å². The van der Waals surface area contributed by atoms with E-state index in [1.807, 2.05) is 10.3 Å². The van der Waals surface area contributed by atoms with Crippen LogP contribution in [0.15, 0.2) is 5.38 Å². The molecule has 1 amide bonds. The zero-order chi connectivity index (χ0) is 13.4. The first kappa shape index (κ1) is 13.1. The Morgan fingerprint density at radius 3 is 3.00 bits per heavy atom. The third-order valence-corrected chi connectivity index (χ3v) is 5.19. The number of thiazole rings is 1. The number of carbonyl (C=O) groups excluding carboxylic acids is 1. The normalized spacial score (nSPS) is 27.6. The molecule has 5 heteroatoms. The molecule has 0 bridgehead atoms. The summed E-state index contributed by atoms with van der Waals surface area (Å²) in [6, 6.07) is 0.183. The second kappa shape index (κ2) is 5.21. The van der Waals surface area contributed by atoms with Gasteiger partial charge in [0.25, 0.3) is 5.91 Å². The maximum atomic E-state index is 12.5. The number of rotatable bonds is 3. The first-order chi connectivity index (χ1) is 9.19. The Hall–Kier alpha value is -0.940. The molecule has 1 saturated carbocycles. The van der Waals surface area contributed by atoms with Crippen molar-refractivity contribution in [1.82, 2.24) is 9.88 Å². The Kier molecular flexibility index (Phi) is 3.58. The van der Waals surface area contributed by atoms with Crippen molar-refractivity contribution in [3.05, 3.63) is 16.1 Å². The van der Waals surface area contributed by atoms with Crippen LogP contribution in [0.4, 0.5) is 0 Å². The van der Waals surface area contributed by atoms with Gasteiger partial charge < -0.3 is 10.6 Å². The summed E-state index contributed by atoms with van der Waals surface area (Å²) in [7, 11) is 0. The SMILES string of the molecule is CC1CCN(C(=O)c2csc(C3CC3)n2)C(CN)C1. The molecule has 104 valence electrons. The van der Waals surface area contributed by atoms with Gasteiger partial charge in [0, 0.05) is 30.4 Å². The van der Waals surface area contributed by atoms with Gasteiger partial charge in [-0.25, -0.2) is 4.98 Å². The summed E-state index contributed by atoms with van der Waals surface area (Å²) in [5.74, 6) is 1.36. The highest BCUT2D eigenvalue weighted by molar-refractivity contribution is 7.10. The van der Waals surface area contributed by atoms with Crippen LogP contribution in [-0.2, 0) is 0 Å². The molecule has 2 fully saturated rings. The van der Waals surface area contributed by atoms with Crippen molar-refractivity contribution >= 4 is 17.2 Å². The first-order valence-corrected chi connectivity index (χ1v) is 8.03. The van der Waals surface area contributed by atoms with E-state index in [0.29, 0.717) is 24.1 Å². The molecule has 1 saturated heterocycles. The van der Waals surface area contributed by atoms with Crippen molar-refractivity contribution in [2.75, 3.05) is 13.1 Å². The van der Waals surface area contributed by atoms with E-state index in [9.17, 15) is 4.79 Å². The molecule has 3 rings (SSSR count). The van der Waals surface area contributed by atoms with E-state index >= 15 is 0 Å². The number of hydrogen-bond acceptors (Lipinski definition) is 4. The summed E-state index contributed by atoms with van der Waals surface area (Å²) in [5.41, 5.74) is 6.45. The topological polar surface area (TPSA) is 59.2 Å². The molecule has 0 aromatic carbocycles. The van der Waals surface area contributed by atoms with Gasteiger partial charge in [0.15, 0.2) is 0 Å². The Morgan fingerprint density at radius 1 is 1.53 bits per heavy atom. The molecule has 0 spiro atoms. The minimum absolute atomic E-state index is 0.0745. The lowest BCUT2D eigenvalue weighted by Gasteiger charge is -2.37. The number of amides is 1. The van der Waals surface area contributed by atoms with Crippen LogP contribution in [0.1, 0.15) is 54.0 Å². The highest BCUT2D eigenvalue weighted by Gasteiger charge is 2.32. The fourth-order valence-electron chi connectivity index (χ4n) is 2.79. The van der Waals surface area contributed by atoms with Crippen LogP contribution in [0.2, 0.25) is 0 Å². The van der Waals surface area contributed by atoms with Crippen molar-refractivity contribution in [1.29, 1.82) is 0 Å². The van der Waals surface area contributed by atoms with Gasteiger partial charge >= 0.3 is 0 Å². The molecule has 0 radical (unpaired) electrons. The van der Waals surface area contributed by atoms with Gasteiger partial charge in [0.1, 0.15) is 5.69 Å². The molecule has 4 nitrogen and oxygen atoms in total. The number of nitrogens with zero attached hydrogens (tertiary/aromatic N) is 2. The lowest BCUT2D eigenvalue weighted by Crippen LogP contribution is -2.49. The van der Waals surface area contributed by atoms with Crippen LogP contribution in [0.25, 0.3) is 0 Å². The van der Waals surface area contributed by atoms with Crippen LogP contribution >= 0.6 is 11.3 Å². The van der Waals surface area contributed by atoms with Crippen LogP contribution < -0.4 is 5.73 Å². The summed E-state index contributed by atoms with van der Waals surface area (Å²) in [6.45, 7) is 3.60. The number of piperidine rings is 1. The quantitative estimate of drug-likeness (QED) is 0.923. The summed E-state index contributed by atoms with van der Waals surface area (Å²) in [5, 5.41) is 3.06. The molecule has 1 aliphatic heterocycles. The summed E-state index contributed by atoms with van der Waals surface area (Å²) >= 11 is 1.63. The van der Waals surface area contributed by atoms with Crippen molar-refractivity contribution in [3.8, 4) is 0 Å². The summed E-state index contributed by atoms with van der Waals surface area (Å²) < 4.78 is 0. The second-order valence-corrected chi connectivity index (χ2v) is 6.75. The molecule has 1 aliphatic carbocycles. The van der Waals surface area contributed by atoms with E-state index in [1.165, 1.54) is 12.8 Å². The van der Waals surface area contributed by atoms with Gasteiger partial charge in [-0.15, -0.1) is 11.3 Å². The average Bonchev–Trinajstić information content (AvgIpc) is 3.15. The fraction of sp³-hybridized carbons (Fsp3) is 0.714. The van der Waals surface area contributed by atoms with Crippen molar-refractivity contribution in [3.63, 3.8) is 0 Å². The molecular weight excluding hydrogens is 258 g/mol. The van der Waals surface area contributed by atoms with E-state index in [-0.39, 0.29) is 11.9 Å². The number of nitrogens with two attached hydrogens (primary N) is 1. The van der Waals surface area contributed by atoms with Gasteiger partial charge in [-0.1, -0.05) is 6.92 Å². The van der Waals surface area contributed by atoms with Crippen LogP contribution in [0.5, 0.6) is 0 Å². The third-order valence-electron chi connectivity index (χ3n) is 4.18. The Bertz CT molecular complexity index is 469. The van der Waals surface area contributed by atoms with Crippen LogP contribution in [-0.4, -0.2) is 34.9 Å². The molecular formula is C14H21N3OS. The lowest BCUT2D eigenvalue weighted by molar-refractivity contribution is 0.0568. The van der Waals surface area contributed by atoms with E-state index < -0.39 is 0 Å². The summed E-state index contributed by atoms with van der Waals surface area (Å²) in [4.78, 5) is 19.0. The smallest absolute Gasteiger partial charge is 0.273 e. The number of aromatic nitrogens is 1. The van der Waals surface area contributed by atoms with Crippen molar-refractivity contribution in [2.24, 2.45) is 11.7 Å². The Morgan fingerprint density at radius 2 is 2.32 bits per heavy atom. The predicted molar refractivity (Wildman–Crippen MR) is 76.4 cm³/mol. The predicted octanol–water partition coefficient (Wildman–Crippen LogP) is 2.22. The van der Waals surface area contributed by atoms with Gasteiger partial charge in [-0.2, -0.15) is 0 Å². The highest BCUT2D eigenvalue weighted by Crippen LogP contribution is 2.41. The first-order valence-electron chi connectivity index (χ1n) is 7.15. The van der Waals surface area contributed by atoms with E-state index in [0.717, 1.165) is 24.4 Å². The Labute approximate surface area is 118 Å².